The maximum absolute atomic E-state index is 14.7. The lowest BCUT2D eigenvalue weighted by atomic mass is 9.80. The highest BCUT2D eigenvalue weighted by Gasteiger charge is 2.47. The van der Waals surface area contributed by atoms with E-state index in [4.69, 9.17) is 47.1 Å². The third-order valence-corrected chi connectivity index (χ3v) is 22.9. The van der Waals surface area contributed by atoms with Crippen LogP contribution in [0, 0.1) is 25.2 Å². The summed E-state index contributed by atoms with van der Waals surface area (Å²) in [5.41, 5.74) is -0.448. The monoisotopic (exact) mass is 1240 g/mol. The predicted molar refractivity (Wildman–Crippen MR) is 334 cm³/mol. The quantitative estimate of drug-likeness (QED) is 0.00634. The number of unbranched alkanes of at least 4 members (excludes halogenated alkanes) is 1. The number of nitrogens with zero attached hydrogens (tertiary/aromatic N) is 6. The molecule has 0 N–H and O–H groups in total. The Morgan fingerprint density at radius 2 is 1.23 bits per heavy atom. The molecule has 2 aromatic heterocycles. The first-order valence-corrected chi connectivity index (χ1v) is 34.0. The fourth-order valence-corrected chi connectivity index (χ4v) is 13.6. The number of carbonyl (C=O) groups excluding carboxylic acids is 1. The molecule has 0 aliphatic carbocycles. The molecule has 5 aromatic rings. The van der Waals surface area contributed by atoms with Crippen LogP contribution in [0.3, 0.4) is 0 Å². The first kappa shape index (κ1) is 68.0. The SMILES string of the molecule is C=CCOC(=O)OC[C@H]1O[C@@H](n2cc(C)c(=O)n(CCCCn3c(=O)c(C)cn([C@H]4C[C@H](OO[Si](C)(C)C(C)(C)C)[C@@H](COC(c5ccccc5)(c5ccc(OC)cc5)c5ccc(OC)cc5)O4)c3=O)c2=O)C[C@@H]1OP(CCC#N)N(C(C)C)C(C)C. The van der Waals surface area contributed by atoms with E-state index in [1.54, 1.807) is 28.1 Å². The van der Waals surface area contributed by atoms with Gasteiger partial charge in [-0.1, -0.05) is 88.0 Å². The van der Waals surface area contributed by atoms with E-state index in [1.165, 1.54) is 27.6 Å². The number of hydrogen-bond acceptors (Lipinski definition) is 17. The summed E-state index contributed by atoms with van der Waals surface area (Å²) in [7, 11) is -0.640. The van der Waals surface area contributed by atoms with Crippen molar-refractivity contribution in [2.45, 2.75) is 180 Å². The van der Waals surface area contributed by atoms with Gasteiger partial charge in [0.2, 0.25) is 8.32 Å². The van der Waals surface area contributed by atoms with Gasteiger partial charge in [0, 0.05) is 74.1 Å². The number of rotatable bonds is 29. The minimum absolute atomic E-state index is 0.0364. The van der Waals surface area contributed by atoms with Gasteiger partial charge in [-0.15, -0.1) is 0 Å². The second-order valence-electron chi connectivity index (χ2n) is 24.0. The van der Waals surface area contributed by atoms with E-state index in [2.05, 4.69) is 78.9 Å². The third-order valence-electron chi connectivity index (χ3n) is 16.2. The molecular weight excluding hydrogens is 1150 g/mol. The molecule has 0 saturated carbocycles. The van der Waals surface area contributed by atoms with Gasteiger partial charge < -0.3 is 37.7 Å². The minimum atomic E-state index is -2.51. The second kappa shape index (κ2) is 30.1. The van der Waals surface area contributed by atoms with E-state index >= 15 is 0 Å². The van der Waals surface area contributed by atoms with E-state index in [0.717, 1.165) is 25.8 Å². The molecule has 21 nitrogen and oxygen atoms in total. The molecule has 87 heavy (non-hydrogen) atoms. The summed E-state index contributed by atoms with van der Waals surface area (Å²) in [6.45, 7) is 25.1. The normalized spacial score (nSPS) is 19.3. The zero-order valence-electron chi connectivity index (χ0n) is 52.6. The van der Waals surface area contributed by atoms with Crippen molar-refractivity contribution in [2.75, 3.05) is 40.2 Å². The summed E-state index contributed by atoms with van der Waals surface area (Å²) in [4.78, 5) is 75.9. The van der Waals surface area contributed by atoms with Crippen LogP contribution in [0.2, 0.25) is 18.1 Å². The summed E-state index contributed by atoms with van der Waals surface area (Å²) in [5.74, 6) is 1.34. The van der Waals surface area contributed by atoms with Crippen LogP contribution in [-0.4, -0.2) is 114 Å². The lowest BCUT2D eigenvalue weighted by Crippen LogP contribution is -2.44. The Bertz CT molecular complexity index is 3340. The van der Waals surface area contributed by atoms with Gasteiger partial charge in [0.25, 0.3) is 11.1 Å². The molecule has 3 aromatic carbocycles. The Morgan fingerprint density at radius 3 is 1.69 bits per heavy atom. The van der Waals surface area contributed by atoms with Crippen molar-refractivity contribution >= 4 is 22.8 Å². The first-order valence-electron chi connectivity index (χ1n) is 29.7. The molecule has 2 fully saturated rings. The molecule has 0 spiro atoms. The highest BCUT2D eigenvalue weighted by Crippen LogP contribution is 2.50. The Labute approximate surface area is 512 Å². The van der Waals surface area contributed by atoms with Crippen LogP contribution >= 0.6 is 8.30 Å². The molecule has 0 bridgehead atoms. The summed E-state index contributed by atoms with van der Waals surface area (Å²) < 4.78 is 62.7. The molecule has 0 amide bonds. The smallest absolute Gasteiger partial charge is 0.497 e. The van der Waals surface area contributed by atoms with Crippen LogP contribution in [0.25, 0.3) is 0 Å². The van der Waals surface area contributed by atoms with Crippen molar-refractivity contribution in [1.29, 1.82) is 5.26 Å². The Hall–Kier alpha value is -6.51. The van der Waals surface area contributed by atoms with Gasteiger partial charge >= 0.3 is 17.5 Å². The summed E-state index contributed by atoms with van der Waals surface area (Å²) >= 11 is 0. The zero-order chi connectivity index (χ0) is 63.4. The van der Waals surface area contributed by atoms with E-state index in [-0.39, 0.29) is 87.7 Å². The van der Waals surface area contributed by atoms with Crippen LogP contribution in [-0.2, 0) is 56.4 Å². The topological polar surface area (TPSA) is 224 Å². The van der Waals surface area contributed by atoms with E-state index in [9.17, 15) is 29.2 Å². The Balaban J connectivity index is 1.14. The lowest BCUT2D eigenvalue weighted by Gasteiger charge is -2.38. The predicted octanol–water partition coefficient (Wildman–Crippen LogP) is 10.4. The number of hydrogen-bond donors (Lipinski definition) is 0. The number of aryl methyl sites for hydroxylation is 2. The number of benzene rings is 3. The summed E-state index contributed by atoms with van der Waals surface area (Å²) in [5, 5.41) is 9.38. The van der Waals surface area contributed by atoms with Crippen molar-refractivity contribution in [1.82, 2.24) is 22.9 Å². The van der Waals surface area contributed by atoms with Crippen molar-refractivity contribution in [3.63, 3.8) is 0 Å². The largest absolute Gasteiger partial charge is 0.508 e. The number of carbonyl (C=O) groups is 1. The maximum Gasteiger partial charge on any atom is 0.508 e. The van der Waals surface area contributed by atoms with Gasteiger partial charge in [-0.05, 0) is 113 Å². The molecule has 2 aliphatic rings. The molecule has 2 aliphatic heterocycles. The van der Waals surface area contributed by atoms with E-state index < -0.39 is 87.7 Å². The first-order chi connectivity index (χ1) is 41.4. The van der Waals surface area contributed by atoms with E-state index in [0.29, 0.717) is 23.2 Å². The third kappa shape index (κ3) is 16.0. The molecule has 7 rings (SSSR count). The van der Waals surface area contributed by atoms with Crippen LogP contribution < -0.4 is 32.0 Å². The van der Waals surface area contributed by atoms with Crippen LogP contribution in [0.1, 0.15) is 121 Å². The van der Waals surface area contributed by atoms with Crippen LogP contribution in [0.4, 0.5) is 4.79 Å². The van der Waals surface area contributed by atoms with Gasteiger partial charge in [0.15, 0.2) is 0 Å². The second-order valence-corrected chi connectivity index (χ2v) is 30.5. The number of ether oxygens (including phenoxy) is 7. The van der Waals surface area contributed by atoms with Gasteiger partial charge in [0.1, 0.15) is 69.4 Å². The van der Waals surface area contributed by atoms with E-state index in [1.807, 2.05) is 78.9 Å². The highest BCUT2D eigenvalue weighted by molar-refractivity contribution is 7.50. The fraction of sp³-hybridized carbons (Fsp3) is 0.531. The van der Waals surface area contributed by atoms with Gasteiger partial charge in [-0.25, -0.2) is 19.3 Å². The average molecular weight is 1240 g/mol. The molecule has 4 heterocycles. The molecule has 1 unspecified atom stereocenters. The number of nitriles is 1. The Morgan fingerprint density at radius 1 is 0.747 bits per heavy atom. The zero-order valence-corrected chi connectivity index (χ0v) is 54.5. The summed E-state index contributed by atoms with van der Waals surface area (Å²) in [6.07, 6.45) is -0.0100. The maximum atomic E-state index is 14.7. The van der Waals surface area contributed by atoms with Crippen molar-refractivity contribution in [3.8, 4) is 17.6 Å². The van der Waals surface area contributed by atoms with Crippen molar-refractivity contribution < 1.29 is 51.9 Å². The van der Waals surface area contributed by atoms with Gasteiger partial charge in [0.05, 0.1) is 33.0 Å². The van der Waals surface area contributed by atoms with Crippen molar-refractivity contribution in [3.05, 3.63) is 173 Å². The molecule has 472 valence electrons. The van der Waals surface area contributed by atoms with Crippen molar-refractivity contribution in [2.24, 2.45) is 0 Å². The van der Waals surface area contributed by atoms with Crippen LogP contribution in [0.15, 0.2) is 123 Å². The van der Waals surface area contributed by atoms with Gasteiger partial charge in [-0.3, -0.25) is 37.1 Å². The fourth-order valence-electron chi connectivity index (χ4n) is 10.7. The Kier molecular flexibility index (Phi) is 23.5. The molecule has 7 atom stereocenters. The van der Waals surface area contributed by atoms with Crippen LogP contribution in [0.5, 0.6) is 11.5 Å². The average Bonchev–Trinajstić information content (AvgIpc) is 1.37. The standard InChI is InChI=1S/C64H87N6O15PSi/c1-15-35-78-62(75)79-41-54-53(84-86(36-21-32-65)70(43(2)3)44(4)5)38-57(81-54)69-40-46(7)59(72)67(61(69)74)34-20-19-33-66-58(71)45(6)39-68(60(66)73)56-37-52(83-85-87(13,14)63(8,9)10)55(82-56)42-80-64(47-22-17-16-18-23-47,48-24-28-50(76-11)29-25-48)49-26-30-51(77-12)31-27-49/h15-18,22-31,39-40,43-44,52-57H,1,19-21,33-38,41-42H2,2-14H3/t52-,53-,54+,55+,56+,57+,86?/m0/s1. The summed E-state index contributed by atoms with van der Waals surface area (Å²) in [6, 6.07) is 27.6. The van der Waals surface area contributed by atoms with Gasteiger partial charge in [-0.2, -0.15) is 5.26 Å². The molecule has 2 saturated heterocycles. The molecule has 23 heteroatoms. The molecule has 0 radical (unpaired) electrons. The minimum Gasteiger partial charge on any atom is -0.497 e. The number of methoxy groups -OCH3 is 2. The number of aromatic nitrogens is 4. The highest BCUT2D eigenvalue weighted by atomic mass is 31.2. The molecular formula is C64H87N6O15PSi. The lowest BCUT2D eigenvalue weighted by molar-refractivity contribution is -0.271.